The van der Waals surface area contributed by atoms with Gasteiger partial charge in [-0.15, -0.1) is 0 Å². The summed E-state index contributed by atoms with van der Waals surface area (Å²) in [6.45, 7) is 11.5. The van der Waals surface area contributed by atoms with Crippen LogP contribution in [0.1, 0.15) is 36.0 Å². The molecule has 6 heteroatoms. The van der Waals surface area contributed by atoms with Crippen LogP contribution in [0.25, 0.3) is 0 Å². The first-order valence-corrected chi connectivity index (χ1v) is 12.6. The van der Waals surface area contributed by atoms with Gasteiger partial charge >= 0.3 is 0 Å². The highest BCUT2D eigenvalue weighted by Crippen LogP contribution is 2.22. The quantitative estimate of drug-likeness (QED) is 0.384. The molecule has 0 spiro atoms. The molecule has 2 fully saturated rings. The summed E-state index contributed by atoms with van der Waals surface area (Å²) in [6.07, 6.45) is 6.82. The van der Waals surface area contributed by atoms with E-state index in [9.17, 15) is 4.79 Å². The van der Waals surface area contributed by atoms with Crippen LogP contribution in [0.4, 0.5) is 5.69 Å². The minimum atomic E-state index is 0.0528. The number of rotatable bonds is 10. The van der Waals surface area contributed by atoms with E-state index in [1.807, 2.05) is 29.2 Å². The lowest BCUT2D eigenvalue weighted by atomic mass is 10.1. The van der Waals surface area contributed by atoms with Crippen LogP contribution in [0.5, 0.6) is 11.5 Å². The van der Waals surface area contributed by atoms with Gasteiger partial charge in [0.25, 0.3) is 5.91 Å². The zero-order valence-corrected chi connectivity index (χ0v) is 20.2. The Kier molecular flexibility index (Phi) is 8.85. The first kappa shape index (κ1) is 24.1. The summed E-state index contributed by atoms with van der Waals surface area (Å²) in [5, 5.41) is 0. The van der Waals surface area contributed by atoms with Crippen molar-refractivity contribution in [1.29, 1.82) is 0 Å². The van der Waals surface area contributed by atoms with Gasteiger partial charge in [-0.25, -0.2) is 0 Å². The number of likely N-dealkylation sites (tertiary alicyclic amines) is 1. The van der Waals surface area contributed by atoms with E-state index in [-0.39, 0.29) is 5.91 Å². The van der Waals surface area contributed by atoms with Crippen LogP contribution in [-0.2, 0) is 0 Å². The van der Waals surface area contributed by atoms with E-state index in [0.29, 0.717) is 31.0 Å². The maximum atomic E-state index is 13.0. The molecule has 0 unspecified atom stereocenters. The minimum Gasteiger partial charge on any atom is -0.494 e. The Morgan fingerprint density at radius 1 is 0.882 bits per heavy atom. The number of amides is 1. The van der Waals surface area contributed by atoms with Crippen LogP contribution < -0.4 is 14.4 Å². The monoisotopic (exact) mass is 463 g/mol. The molecule has 2 heterocycles. The zero-order chi connectivity index (χ0) is 23.6. The zero-order valence-electron chi connectivity index (χ0n) is 20.2. The van der Waals surface area contributed by atoms with Crippen molar-refractivity contribution in [2.45, 2.75) is 25.7 Å². The van der Waals surface area contributed by atoms with Crippen molar-refractivity contribution in [3.05, 3.63) is 66.7 Å². The highest BCUT2D eigenvalue weighted by Gasteiger charge is 2.22. The van der Waals surface area contributed by atoms with Crippen LogP contribution in [0.2, 0.25) is 0 Å². The molecule has 182 valence electrons. The van der Waals surface area contributed by atoms with Crippen molar-refractivity contribution in [2.75, 3.05) is 63.9 Å². The van der Waals surface area contributed by atoms with Gasteiger partial charge in [0.1, 0.15) is 18.1 Å². The van der Waals surface area contributed by atoms with Gasteiger partial charge in [-0.05, 0) is 74.8 Å². The summed E-state index contributed by atoms with van der Waals surface area (Å²) in [5.74, 6) is 1.67. The molecule has 6 nitrogen and oxygen atoms in total. The normalized spacial score (nSPS) is 16.8. The number of carbonyl (C=O) groups excluding carboxylic acids is 1. The molecule has 0 N–H and O–H groups in total. The number of hydrogen-bond donors (Lipinski definition) is 0. The fraction of sp³-hybridized carbons (Fsp3) is 0.464. The first-order chi connectivity index (χ1) is 16.7. The van der Waals surface area contributed by atoms with Crippen molar-refractivity contribution in [2.24, 2.45) is 0 Å². The summed E-state index contributed by atoms with van der Waals surface area (Å²) < 4.78 is 11.5. The van der Waals surface area contributed by atoms with E-state index in [1.165, 1.54) is 38.0 Å². The standard InChI is InChI=1S/C28H37N3O3/c1-2-21-33-27-9-6-8-24(23-27)28(32)31-19-17-30(18-20-31)25-10-12-26(13-11-25)34-22-7-16-29-14-4-3-5-15-29/h2,6,8-13,23H,1,3-5,7,14-22H2. The Morgan fingerprint density at radius 3 is 2.38 bits per heavy atom. The highest BCUT2D eigenvalue weighted by molar-refractivity contribution is 5.94. The SMILES string of the molecule is C=CCOc1cccc(C(=O)N2CCN(c3ccc(OCCCN4CCCCC4)cc3)CC2)c1. The summed E-state index contributed by atoms with van der Waals surface area (Å²) in [5.41, 5.74) is 1.84. The predicted molar refractivity (Wildman–Crippen MR) is 137 cm³/mol. The number of benzene rings is 2. The highest BCUT2D eigenvalue weighted by atomic mass is 16.5. The molecule has 2 aliphatic heterocycles. The molecule has 2 aromatic rings. The Balaban J connectivity index is 1.21. The van der Waals surface area contributed by atoms with Crippen molar-refractivity contribution in [1.82, 2.24) is 9.80 Å². The molecule has 0 aromatic heterocycles. The Morgan fingerprint density at radius 2 is 1.65 bits per heavy atom. The van der Waals surface area contributed by atoms with Gasteiger partial charge in [-0.1, -0.05) is 25.1 Å². The third kappa shape index (κ3) is 6.76. The van der Waals surface area contributed by atoms with Gasteiger partial charge in [-0.3, -0.25) is 4.79 Å². The second-order valence-electron chi connectivity index (χ2n) is 9.00. The van der Waals surface area contributed by atoms with Gasteiger partial charge in [0.05, 0.1) is 6.61 Å². The average Bonchev–Trinajstić information content (AvgIpc) is 2.91. The van der Waals surface area contributed by atoms with Crippen LogP contribution in [0.15, 0.2) is 61.2 Å². The molecule has 2 aromatic carbocycles. The number of anilines is 1. The van der Waals surface area contributed by atoms with Crippen molar-refractivity contribution < 1.29 is 14.3 Å². The molecule has 4 rings (SSSR count). The Bertz CT molecular complexity index is 917. The molecule has 0 atom stereocenters. The molecule has 0 radical (unpaired) electrons. The lowest BCUT2D eigenvalue weighted by molar-refractivity contribution is 0.0746. The van der Waals surface area contributed by atoms with E-state index in [4.69, 9.17) is 9.47 Å². The number of piperazine rings is 1. The van der Waals surface area contributed by atoms with E-state index in [0.717, 1.165) is 38.4 Å². The molecule has 0 aliphatic carbocycles. The van der Waals surface area contributed by atoms with E-state index in [1.54, 1.807) is 6.08 Å². The maximum Gasteiger partial charge on any atom is 0.254 e. The van der Waals surface area contributed by atoms with Gasteiger partial charge in [0, 0.05) is 44.0 Å². The molecular formula is C28H37N3O3. The van der Waals surface area contributed by atoms with Gasteiger partial charge in [-0.2, -0.15) is 0 Å². The lowest BCUT2D eigenvalue weighted by Gasteiger charge is -2.36. The Labute approximate surface area is 203 Å². The number of piperidine rings is 1. The van der Waals surface area contributed by atoms with Gasteiger partial charge < -0.3 is 24.2 Å². The van der Waals surface area contributed by atoms with Gasteiger partial charge in [0.15, 0.2) is 0 Å². The minimum absolute atomic E-state index is 0.0528. The van der Waals surface area contributed by atoms with Crippen LogP contribution in [0.3, 0.4) is 0 Å². The summed E-state index contributed by atoms with van der Waals surface area (Å²) >= 11 is 0. The first-order valence-electron chi connectivity index (χ1n) is 12.6. The molecule has 2 aliphatic rings. The lowest BCUT2D eigenvalue weighted by Crippen LogP contribution is -2.48. The van der Waals surface area contributed by atoms with E-state index < -0.39 is 0 Å². The fourth-order valence-electron chi connectivity index (χ4n) is 4.64. The van der Waals surface area contributed by atoms with E-state index >= 15 is 0 Å². The van der Waals surface area contributed by atoms with Crippen molar-refractivity contribution in [3.63, 3.8) is 0 Å². The van der Waals surface area contributed by atoms with Gasteiger partial charge in [0.2, 0.25) is 0 Å². The van der Waals surface area contributed by atoms with Crippen molar-refractivity contribution >= 4 is 11.6 Å². The Hall–Kier alpha value is -2.99. The van der Waals surface area contributed by atoms with Crippen molar-refractivity contribution in [3.8, 4) is 11.5 Å². The molecule has 1 amide bonds. The van der Waals surface area contributed by atoms with Crippen LogP contribution >= 0.6 is 0 Å². The third-order valence-electron chi connectivity index (χ3n) is 6.55. The number of ether oxygens (including phenoxy) is 2. The largest absolute Gasteiger partial charge is 0.494 e. The smallest absolute Gasteiger partial charge is 0.254 e. The van der Waals surface area contributed by atoms with Crippen LogP contribution in [0, 0.1) is 0 Å². The summed E-state index contributed by atoms with van der Waals surface area (Å²) in [4.78, 5) is 19.7. The molecule has 0 saturated carbocycles. The summed E-state index contributed by atoms with van der Waals surface area (Å²) in [7, 11) is 0. The maximum absolute atomic E-state index is 13.0. The van der Waals surface area contributed by atoms with E-state index in [2.05, 4.69) is 40.6 Å². The number of carbonyl (C=O) groups is 1. The predicted octanol–water partition coefficient (Wildman–Crippen LogP) is 4.47. The third-order valence-corrected chi connectivity index (χ3v) is 6.55. The average molecular weight is 464 g/mol. The molecule has 0 bridgehead atoms. The molecule has 2 saturated heterocycles. The molecular weight excluding hydrogens is 426 g/mol. The topological polar surface area (TPSA) is 45.3 Å². The number of hydrogen-bond acceptors (Lipinski definition) is 5. The molecule has 34 heavy (non-hydrogen) atoms. The fourth-order valence-corrected chi connectivity index (χ4v) is 4.64. The van der Waals surface area contributed by atoms with Crippen LogP contribution in [-0.4, -0.2) is 74.7 Å². The second kappa shape index (κ2) is 12.5. The second-order valence-corrected chi connectivity index (χ2v) is 9.00. The summed E-state index contributed by atoms with van der Waals surface area (Å²) in [6, 6.07) is 15.7. The number of nitrogens with zero attached hydrogens (tertiary/aromatic N) is 3.